The topological polar surface area (TPSA) is 44.9 Å². The molecule has 2 aromatic heterocycles. The SMILES string of the molecule is CN=C(NCc1cn2ccsc2n1)N(C)Cc1ccccc1Cl. The van der Waals surface area contributed by atoms with Crippen LogP contribution in [0.5, 0.6) is 0 Å². The fraction of sp³-hybridized carbons (Fsp3) is 0.250. The Balaban J connectivity index is 1.63. The third kappa shape index (κ3) is 3.65. The molecular formula is C16H18ClN5S. The van der Waals surface area contributed by atoms with Crippen LogP contribution in [0.2, 0.25) is 5.02 Å². The number of nitrogens with zero attached hydrogens (tertiary/aromatic N) is 4. The van der Waals surface area contributed by atoms with Crippen molar-refractivity contribution >= 4 is 33.9 Å². The smallest absolute Gasteiger partial charge is 0.194 e. The molecule has 0 saturated carbocycles. The maximum Gasteiger partial charge on any atom is 0.194 e. The van der Waals surface area contributed by atoms with Gasteiger partial charge in [0.25, 0.3) is 0 Å². The Kier molecular flexibility index (Phi) is 4.83. The molecule has 0 saturated heterocycles. The van der Waals surface area contributed by atoms with E-state index in [1.807, 2.05) is 58.4 Å². The number of aromatic nitrogens is 2. The minimum Gasteiger partial charge on any atom is -0.351 e. The van der Waals surface area contributed by atoms with Crippen molar-refractivity contribution in [3.05, 3.63) is 58.3 Å². The Morgan fingerprint density at radius 2 is 2.26 bits per heavy atom. The monoisotopic (exact) mass is 347 g/mol. The number of hydrogen-bond acceptors (Lipinski definition) is 3. The van der Waals surface area contributed by atoms with Crippen molar-refractivity contribution in [2.75, 3.05) is 14.1 Å². The van der Waals surface area contributed by atoms with Crippen LogP contribution in [0.3, 0.4) is 0 Å². The largest absolute Gasteiger partial charge is 0.351 e. The minimum atomic E-state index is 0.633. The van der Waals surface area contributed by atoms with Gasteiger partial charge < -0.3 is 10.2 Å². The van der Waals surface area contributed by atoms with E-state index in [-0.39, 0.29) is 0 Å². The first kappa shape index (κ1) is 15.8. The van der Waals surface area contributed by atoms with Gasteiger partial charge in [0.2, 0.25) is 0 Å². The van der Waals surface area contributed by atoms with Crippen LogP contribution in [0, 0.1) is 0 Å². The third-order valence-corrected chi connectivity index (χ3v) is 4.65. The van der Waals surface area contributed by atoms with E-state index in [0.29, 0.717) is 13.1 Å². The fourth-order valence-electron chi connectivity index (χ4n) is 2.37. The number of benzene rings is 1. The summed E-state index contributed by atoms with van der Waals surface area (Å²) in [5.41, 5.74) is 2.06. The summed E-state index contributed by atoms with van der Waals surface area (Å²) in [6.45, 7) is 1.32. The molecule has 0 spiro atoms. The Hall–Kier alpha value is -2.05. The summed E-state index contributed by atoms with van der Waals surface area (Å²) in [4.78, 5) is 11.9. The number of halogens is 1. The molecule has 0 aliphatic rings. The summed E-state index contributed by atoms with van der Waals surface area (Å²) in [7, 11) is 3.77. The summed E-state index contributed by atoms with van der Waals surface area (Å²) >= 11 is 7.85. The van der Waals surface area contributed by atoms with Gasteiger partial charge in [0, 0.05) is 43.4 Å². The Morgan fingerprint density at radius 1 is 1.43 bits per heavy atom. The molecule has 0 bridgehead atoms. The Labute approximate surface area is 144 Å². The normalized spacial score (nSPS) is 11.9. The zero-order chi connectivity index (χ0) is 16.2. The zero-order valence-electron chi connectivity index (χ0n) is 13.0. The molecule has 0 radical (unpaired) electrons. The fourth-order valence-corrected chi connectivity index (χ4v) is 3.29. The highest BCUT2D eigenvalue weighted by Crippen LogP contribution is 2.16. The number of nitrogens with one attached hydrogen (secondary N) is 1. The van der Waals surface area contributed by atoms with Gasteiger partial charge >= 0.3 is 0 Å². The standard InChI is InChI=1S/C16H18ClN5S/c1-18-15(21(2)10-12-5-3-4-6-14(12)17)19-9-13-11-22-7-8-23-16(22)20-13/h3-8,11H,9-10H2,1-2H3,(H,18,19). The van der Waals surface area contributed by atoms with E-state index in [1.54, 1.807) is 18.4 Å². The van der Waals surface area contributed by atoms with Crippen LogP contribution in [0.4, 0.5) is 0 Å². The molecule has 5 nitrogen and oxygen atoms in total. The molecular weight excluding hydrogens is 330 g/mol. The second kappa shape index (κ2) is 7.02. The molecule has 7 heteroatoms. The van der Waals surface area contributed by atoms with E-state index < -0.39 is 0 Å². The highest BCUT2D eigenvalue weighted by atomic mass is 35.5. The van der Waals surface area contributed by atoms with Crippen LogP contribution in [-0.2, 0) is 13.1 Å². The number of rotatable bonds is 4. The number of hydrogen-bond donors (Lipinski definition) is 1. The summed E-state index contributed by atoms with van der Waals surface area (Å²) in [6.07, 6.45) is 4.04. The Morgan fingerprint density at radius 3 is 3.00 bits per heavy atom. The van der Waals surface area contributed by atoms with Crippen LogP contribution in [-0.4, -0.2) is 34.3 Å². The molecule has 3 aromatic rings. The van der Waals surface area contributed by atoms with Gasteiger partial charge in [0.15, 0.2) is 10.9 Å². The van der Waals surface area contributed by atoms with E-state index in [1.165, 1.54) is 0 Å². The van der Waals surface area contributed by atoms with Crippen LogP contribution in [0.15, 0.2) is 47.0 Å². The van der Waals surface area contributed by atoms with Gasteiger partial charge in [-0.05, 0) is 11.6 Å². The van der Waals surface area contributed by atoms with E-state index in [9.17, 15) is 0 Å². The van der Waals surface area contributed by atoms with Gasteiger partial charge in [-0.15, -0.1) is 11.3 Å². The minimum absolute atomic E-state index is 0.633. The van der Waals surface area contributed by atoms with E-state index in [4.69, 9.17) is 11.6 Å². The van der Waals surface area contributed by atoms with Crippen molar-refractivity contribution in [2.45, 2.75) is 13.1 Å². The van der Waals surface area contributed by atoms with Crippen molar-refractivity contribution in [1.29, 1.82) is 0 Å². The molecule has 2 heterocycles. The lowest BCUT2D eigenvalue weighted by atomic mass is 10.2. The van der Waals surface area contributed by atoms with E-state index >= 15 is 0 Å². The molecule has 0 aliphatic heterocycles. The molecule has 23 heavy (non-hydrogen) atoms. The molecule has 0 unspecified atom stereocenters. The van der Waals surface area contributed by atoms with Crippen molar-refractivity contribution in [3.8, 4) is 0 Å². The first-order valence-electron chi connectivity index (χ1n) is 7.23. The quantitative estimate of drug-likeness (QED) is 0.582. The van der Waals surface area contributed by atoms with Crippen LogP contribution in [0.1, 0.15) is 11.3 Å². The van der Waals surface area contributed by atoms with Gasteiger partial charge in [-0.1, -0.05) is 29.8 Å². The van der Waals surface area contributed by atoms with E-state index in [0.717, 1.165) is 27.2 Å². The van der Waals surface area contributed by atoms with Crippen molar-refractivity contribution in [2.24, 2.45) is 4.99 Å². The molecule has 120 valence electrons. The van der Waals surface area contributed by atoms with Crippen molar-refractivity contribution in [3.63, 3.8) is 0 Å². The lowest BCUT2D eigenvalue weighted by Gasteiger charge is -2.22. The molecule has 0 fully saturated rings. The first-order valence-corrected chi connectivity index (χ1v) is 8.49. The maximum atomic E-state index is 6.22. The molecule has 1 N–H and O–H groups in total. The van der Waals surface area contributed by atoms with Crippen LogP contribution < -0.4 is 5.32 Å². The average Bonchev–Trinajstić information content (AvgIpc) is 3.11. The van der Waals surface area contributed by atoms with Crippen molar-refractivity contribution in [1.82, 2.24) is 19.6 Å². The molecule has 0 aliphatic carbocycles. The van der Waals surface area contributed by atoms with Gasteiger partial charge in [0.05, 0.1) is 12.2 Å². The Bertz CT molecular complexity index is 794. The average molecular weight is 348 g/mol. The maximum absolute atomic E-state index is 6.22. The molecule has 1 aromatic carbocycles. The zero-order valence-corrected chi connectivity index (χ0v) is 14.6. The number of guanidine groups is 1. The van der Waals surface area contributed by atoms with Crippen LogP contribution in [0.25, 0.3) is 4.96 Å². The molecule has 3 rings (SSSR count). The summed E-state index contributed by atoms with van der Waals surface area (Å²) in [5.74, 6) is 0.807. The van der Waals surface area contributed by atoms with Gasteiger partial charge in [-0.2, -0.15) is 0 Å². The first-order chi connectivity index (χ1) is 11.2. The highest BCUT2D eigenvalue weighted by molar-refractivity contribution is 7.15. The predicted octanol–water partition coefficient (Wildman–Crippen LogP) is 3.26. The summed E-state index contributed by atoms with van der Waals surface area (Å²) in [6, 6.07) is 7.85. The lowest BCUT2D eigenvalue weighted by molar-refractivity contribution is 0.476. The second-order valence-corrected chi connectivity index (χ2v) is 6.45. The molecule has 0 atom stereocenters. The number of aliphatic imine (C=N–C) groups is 1. The van der Waals surface area contributed by atoms with Gasteiger partial charge in [-0.25, -0.2) is 4.98 Å². The second-order valence-electron chi connectivity index (χ2n) is 5.17. The number of fused-ring (bicyclic) bond motifs is 1. The van der Waals surface area contributed by atoms with Gasteiger partial charge in [0.1, 0.15) is 0 Å². The predicted molar refractivity (Wildman–Crippen MR) is 96.2 cm³/mol. The van der Waals surface area contributed by atoms with Gasteiger partial charge in [-0.3, -0.25) is 9.39 Å². The lowest BCUT2D eigenvalue weighted by Crippen LogP contribution is -2.38. The summed E-state index contributed by atoms with van der Waals surface area (Å²) < 4.78 is 2.03. The number of imidazole rings is 1. The third-order valence-electron chi connectivity index (χ3n) is 3.51. The highest BCUT2D eigenvalue weighted by Gasteiger charge is 2.10. The van der Waals surface area contributed by atoms with Crippen molar-refractivity contribution < 1.29 is 0 Å². The van der Waals surface area contributed by atoms with Crippen LogP contribution >= 0.6 is 22.9 Å². The summed E-state index contributed by atoms with van der Waals surface area (Å²) in [5, 5.41) is 6.13. The number of thiazole rings is 1. The molecule has 0 amide bonds. The van der Waals surface area contributed by atoms with E-state index in [2.05, 4.69) is 15.3 Å².